The van der Waals surface area contributed by atoms with Crippen molar-refractivity contribution in [1.29, 1.82) is 5.26 Å². The van der Waals surface area contributed by atoms with Crippen LogP contribution in [0.5, 0.6) is 0 Å². The van der Waals surface area contributed by atoms with Crippen molar-refractivity contribution in [2.24, 2.45) is 11.7 Å². The van der Waals surface area contributed by atoms with E-state index in [4.69, 9.17) is 11.0 Å². The molecule has 1 aliphatic rings. The third-order valence-corrected chi connectivity index (χ3v) is 2.81. The molecule has 4 nitrogen and oxygen atoms in total. The van der Waals surface area contributed by atoms with Gasteiger partial charge in [0.15, 0.2) is 0 Å². The minimum Gasteiger partial charge on any atom is -0.330 e. The van der Waals surface area contributed by atoms with Gasteiger partial charge >= 0.3 is 0 Å². The number of hydrogen-bond acceptors (Lipinski definition) is 4. The zero-order valence-corrected chi connectivity index (χ0v) is 8.50. The van der Waals surface area contributed by atoms with Gasteiger partial charge < -0.3 is 5.73 Å². The lowest BCUT2D eigenvalue weighted by Crippen LogP contribution is -2.50. The summed E-state index contributed by atoms with van der Waals surface area (Å²) in [5, 5.41) is 9.12. The van der Waals surface area contributed by atoms with Crippen molar-refractivity contribution in [2.45, 2.75) is 6.04 Å². The highest BCUT2D eigenvalue weighted by Gasteiger charge is 2.32. The lowest BCUT2D eigenvalue weighted by molar-refractivity contribution is 0.0797. The van der Waals surface area contributed by atoms with E-state index in [2.05, 4.69) is 16.0 Å². The summed E-state index contributed by atoms with van der Waals surface area (Å²) in [6.45, 7) is 2.55. The Morgan fingerprint density at radius 1 is 1.67 bits per heavy atom. The number of nitrogens with zero attached hydrogens (tertiary/aromatic N) is 3. The number of rotatable bonds is 3. The molecule has 0 amide bonds. The highest BCUT2D eigenvalue weighted by Crippen LogP contribution is 2.27. The molecule has 78 valence electrons. The van der Waals surface area contributed by atoms with Gasteiger partial charge in [0.25, 0.3) is 0 Å². The van der Waals surface area contributed by atoms with E-state index >= 15 is 0 Å². The van der Waals surface area contributed by atoms with Crippen LogP contribution in [0, 0.1) is 17.2 Å². The summed E-state index contributed by atoms with van der Waals surface area (Å²) in [4.78, 5) is 6.16. The lowest BCUT2D eigenvalue weighted by atomic mass is 9.96. The molecule has 0 bridgehead atoms. The highest BCUT2D eigenvalue weighted by molar-refractivity contribution is 5.21. The quantitative estimate of drug-likeness (QED) is 0.776. The Hall–Kier alpha value is -1.44. The van der Waals surface area contributed by atoms with Gasteiger partial charge in [-0.05, 0) is 18.5 Å². The van der Waals surface area contributed by atoms with Gasteiger partial charge in [0.2, 0.25) is 0 Å². The molecule has 0 aliphatic carbocycles. The summed E-state index contributed by atoms with van der Waals surface area (Å²) >= 11 is 0. The van der Waals surface area contributed by atoms with E-state index in [9.17, 15) is 0 Å². The maximum Gasteiger partial charge on any atom is 0.125 e. The number of nitriles is 1. The van der Waals surface area contributed by atoms with Gasteiger partial charge in [-0.3, -0.25) is 9.88 Å². The van der Waals surface area contributed by atoms with Crippen molar-refractivity contribution in [3.8, 4) is 6.07 Å². The smallest absolute Gasteiger partial charge is 0.125 e. The molecular formula is C11H14N4. The average molecular weight is 202 g/mol. The molecule has 0 radical (unpaired) electrons. The number of aromatic nitrogens is 1. The van der Waals surface area contributed by atoms with Crippen LogP contribution in [0.15, 0.2) is 24.5 Å². The van der Waals surface area contributed by atoms with Gasteiger partial charge in [-0.15, -0.1) is 0 Å². The first kappa shape index (κ1) is 10.1. The Labute approximate surface area is 89.3 Å². The largest absolute Gasteiger partial charge is 0.330 e. The normalized spacial score (nSPS) is 19.2. The van der Waals surface area contributed by atoms with E-state index in [1.54, 1.807) is 12.4 Å². The molecule has 1 fully saturated rings. The highest BCUT2D eigenvalue weighted by atomic mass is 15.2. The molecule has 2 N–H and O–H groups in total. The van der Waals surface area contributed by atoms with E-state index in [0.29, 0.717) is 12.5 Å². The van der Waals surface area contributed by atoms with Gasteiger partial charge in [0.05, 0.1) is 6.07 Å². The van der Waals surface area contributed by atoms with Gasteiger partial charge in [-0.25, -0.2) is 0 Å². The summed E-state index contributed by atoms with van der Waals surface area (Å²) < 4.78 is 0. The molecule has 0 unspecified atom stereocenters. The molecule has 0 spiro atoms. The van der Waals surface area contributed by atoms with Gasteiger partial charge in [0, 0.05) is 31.0 Å². The molecule has 1 aromatic rings. The molecule has 1 atom stereocenters. The monoisotopic (exact) mass is 202 g/mol. The van der Waals surface area contributed by atoms with Crippen LogP contribution in [0.4, 0.5) is 0 Å². The Kier molecular flexibility index (Phi) is 2.95. The summed E-state index contributed by atoms with van der Waals surface area (Å²) in [7, 11) is 0. The van der Waals surface area contributed by atoms with Crippen molar-refractivity contribution >= 4 is 0 Å². The number of likely N-dealkylation sites (tertiary alicyclic amines) is 1. The fourth-order valence-corrected chi connectivity index (χ4v) is 1.87. The van der Waals surface area contributed by atoms with Gasteiger partial charge in [0.1, 0.15) is 6.04 Å². The second-order valence-corrected chi connectivity index (χ2v) is 3.87. The number of hydrogen-bond donors (Lipinski definition) is 1. The summed E-state index contributed by atoms with van der Waals surface area (Å²) in [6.07, 6.45) is 3.47. The molecule has 0 saturated carbocycles. The molecule has 2 heterocycles. The Bertz CT molecular complexity index is 351. The second-order valence-electron chi connectivity index (χ2n) is 3.87. The molecular weight excluding hydrogens is 188 g/mol. The van der Waals surface area contributed by atoms with E-state index < -0.39 is 0 Å². The molecule has 1 saturated heterocycles. The number of pyridine rings is 1. The lowest BCUT2D eigenvalue weighted by Gasteiger charge is -2.41. The van der Waals surface area contributed by atoms with Crippen LogP contribution in [0.3, 0.4) is 0 Å². The SMILES string of the molecule is N#C[C@@H](c1cccnc1)N1CC(CN)C1. The minimum absolute atomic E-state index is 0.165. The maximum absolute atomic E-state index is 9.12. The second kappa shape index (κ2) is 4.39. The van der Waals surface area contributed by atoms with Gasteiger partial charge in [-0.1, -0.05) is 6.07 Å². The van der Waals surface area contributed by atoms with Crippen LogP contribution < -0.4 is 5.73 Å². The Morgan fingerprint density at radius 3 is 3.00 bits per heavy atom. The summed E-state index contributed by atoms with van der Waals surface area (Å²) in [6, 6.07) is 5.95. The molecule has 1 aromatic heterocycles. The standard InChI is InChI=1S/C11H14N4/c12-4-9-7-15(8-9)11(5-13)10-2-1-3-14-6-10/h1-3,6,9,11H,4,7-8,12H2/t11-/m0/s1. The third-order valence-electron chi connectivity index (χ3n) is 2.81. The van der Waals surface area contributed by atoms with E-state index in [-0.39, 0.29) is 6.04 Å². The molecule has 0 aromatic carbocycles. The van der Waals surface area contributed by atoms with Crippen molar-refractivity contribution < 1.29 is 0 Å². The van der Waals surface area contributed by atoms with Crippen LogP contribution in [0.25, 0.3) is 0 Å². The maximum atomic E-state index is 9.12. The molecule has 4 heteroatoms. The zero-order chi connectivity index (χ0) is 10.7. The van der Waals surface area contributed by atoms with Crippen molar-refractivity contribution in [3.05, 3.63) is 30.1 Å². The van der Waals surface area contributed by atoms with E-state index in [0.717, 1.165) is 18.7 Å². The molecule has 15 heavy (non-hydrogen) atoms. The average Bonchev–Trinajstić information content (AvgIpc) is 2.24. The topological polar surface area (TPSA) is 65.9 Å². The van der Waals surface area contributed by atoms with Crippen LogP contribution in [-0.2, 0) is 0 Å². The fraction of sp³-hybridized carbons (Fsp3) is 0.455. The van der Waals surface area contributed by atoms with Crippen molar-refractivity contribution in [3.63, 3.8) is 0 Å². The van der Waals surface area contributed by atoms with Crippen LogP contribution in [0.1, 0.15) is 11.6 Å². The molecule has 2 rings (SSSR count). The van der Waals surface area contributed by atoms with Crippen molar-refractivity contribution in [1.82, 2.24) is 9.88 Å². The zero-order valence-electron chi connectivity index (χ0n) is 8.50. The van der Waals surface area contributed by atoms with Crippen LogP contribution in [-0.4, -0.2) is 29.5 Å². The third kappa shape index (κ3) is 1.99. The first-order chi connectivity index (χ1) is 7.35. The minimum atomic E-state index is -0.165. The predicted molar refractivity (Wildman–Crippen MR) is 56.7 cm³/mol. The van der Waals surface area contributed by atoms with Crippen molar-refractivity contribution in [2.75, 3.05) is 19.6 Å². The Balaban J connectivity index is 2.04. The Morgan fingerprint density at radius 2 is 2.47 bits per heavy atom. The van der Waals surface area contributed by atoms with Crippen LogP contribution in [0.2, 0.25) is 0 Å². The van der Waals surface area contributed by atoms with Gasteiger partial charge in [-0.2, -0.15) is 5.26 Å². The van der Waals surface area contributed by atoms with E-state index in [1.165, 1.54) is 0 Å². The first-order valence-corrected chi connectivity index (χ1v) is 5.09. The predicted octanol–water partition coefficient (Wildman–Crippen LogP) is 0.537. The van der Waals surface area contributed by atoms with Crippen LogP contribution >= 0.6 is 0 Å². The summed E-state index contributed by atoms with van der Waals surface area (Å²) in [5.74, 6) is 0.553. The molecule has 1 aliphatic heterocycles. The summed E-state index contributed by atoms with van der Waals surface area (Å²) in [5.41, 5.74) is 6.52. The number of nitrogens with two attached hydrogens (primary N) is 1. The fourth-order valence-electron chi connectivity index (χ4n) is 1.87. The van der Waals surface area contributed by atoms with E-state index in [1.807, 2.05) is 12.1 Å². The first-order valence-electron chi connectivity index (χ1n) is 5.09.